The molecule has 1 atom stereocenters. The number of ether oxygens (including phenoxy) is 1. The Labute approximate surface area is 173 Å². The maximum absolute atomic E-state index is 12.3. The van der Waals surface area contributed by atoms with Gasteiger partial charge in [0.25, 0.3) is 0 Å². The number of benzene rings is 1. The molecule has 1 aromatic rings. The van der Waals surface area contributed by atoms with E-state index in [0.29, 0.717) is 21.9 Å². The van der Waals surface area contributed by atoms with Crippen molar-refractivity contribution in [1.82, 2.24) is 9.80 Å². The van der Waals surface area contributed by atoms with Gasteiger partial charge in [-0.3, -0.25) is 4.90 Å². The zero-order valence-corrected chi connectivity index (χ0v) is 18.6. The lowest BCUT2D eigenvalue weighted by molar-refractivity contribution is 0.0284. The second-order valence-corrected chi connectivity index (χ2v) is 9.67. The number of hydrogen-bond donors (Lipinski definition) is 0. The molecule has 0 unspecified atom stereocenters. The fourth-order valence-corrected chi connectivity index (χ4v) is 3.85. The van der Waals surface area contributed by atoms with Crippen molar-refractivity contribution < 1.29 is 9.53 Å². The van der Waals surface area contributed by atoms with Crippen LogP contribution in [0.3, 0.4) is 0 Å². The van der Waals surface area contributed by atoms with Crippen LogP contribution in [0, 0.1) is 11.8 Å². The van der Waals surface area contributed by atoms with Crippen LogP contribution in [0.2, 0.25) is 10.0 Å². The molecule has 0 N–H and O–H groups in total. The Morgan fingerprint density at radius 1 is 1.33 bits per heavy atom. The molecule has 27 heavy (non-hydrogen) atoms. The van der Waals surface area contributed by atoms with Gasteiger partial charge in [0, 0.05) is 32.7 Å². The number of likely N-dealkylation sites (tertiary alicyclic amines) is 1. The van der Waals surface area contributed by atoms with Crippen LogP contribution >= 0.6 is 23.2 Å². The van der Waals surface area contributed by atoms with Crippen molar-refractivity contribution >= 4 is 29.3 Å². The fraction of sp³-hybridized carbons (Fsp3) is 0.667. The normalized spacial score (nSPS) is 17.8. The highest BCUT2D eigenvalue weighted by Crippen LogP contribution is 2.28. The van der Waals surface area contributed by atoms with E-state index in [1.807, 2.05) is 43.9 Å². The van der Waals surface area contributed by atoms with E-state index in [2.05, 4.69) is 18.7 Å². The lowest BCUT2D eigenvalue weighted by atomic mass is 10.1. The summed E-state index contributed by atoms with van der Waals surface area (Å²) in [5, 5.41) is 1.23. The third-order valence-electron chi connectivity index (χ3n) is 4.50. The molecule has 2 rings (SSSR count). The zero-order valence-electron chi connectivity index (χ0n) is 17.1. The Balaban J connectivity index is 1.98. The minimum absolute atomic E-state index is 0.210. The molecular formula is C21H32Cl2N2O2. The van der Waals surface area contributed by atoms with Gasteiger partial charge in [-0.25, -0.2) is 4.79 Å². The minimum atomic E-state index is -0.456. The molecule has 1 saturated heterocycles. The van der Waals surface area contributed by atoms with Gasteiger partial charge in [-0.05, 0) is 50.7 Å². The summed E-state index contributed by atoms with van der Waals surface area (Å²) in [6.07, 6.45) is 0.787. The van der Waals surface area contributed by atoms with Gasteiger partial charge in [0.05, 0.1) is 10.0 Å². The Kier molecular flexibility index (Phi) is 7.84. The average Bonchev–Trinajstić information content (AvgIpc) is 2.98. The fourth-order valence-electron chi connectivity index (χ4n) is 3.47. The van der Waals surface area contributed by atoms with Crippen molar-refractivity contribution in [2.75, 3.05) is 26.2 Å². The first-order valence-electron chi connectivity index (χ1n) is 9.68. The summed E-state index contributed by atoms with van der Waals surface area (Å²) in [6.45, 7) is 14.3. The Morgan fingerprint density at radius 3 is 2.67 bits per heavy atom. The first-order chi connectivity index (χ1) is 12.5. The molecule has 1 fully saturated rings. The summed E-state index contributed by atoms with van der Waals surface area (Å²) in [4.78, 5) is 16.6. The van der Waals surface area contributed by atoms with Gasteiger partial charge >= 0.3 is 6.09 Å². The molecular weight excluding hydrogens is 383 g/mol. The SMILES string of the molecule is CC(C)CN(Cc1cccc(Cl)c1Cl)C[C@H]1CCN(C(=O)OC(C)(C)C)C1. The van der Waals surface area contributed by atoms with Crippen LogP contribution in [0.4, 0.5) is 4.79 Å². The predicted octanol–water partition coefficient (Wildman–Crippen LogP) is 5.71. The number of hydrogen-bond acceptors (Lipinski definition) is 3. The van der Waals surface area contributed by atoms with Crippen LogP contribution in [0.1, 0.15) is 46.6 Å². The van der Waals surface area contributed by atoms with Crippen LogP contribution in [0.5, 0.6) is 0 Å². The highest BCUT2D eigenvalue weighted by molar-refractivity contribution is 6.42. The van der Waals surface area contributed by atoms with Gasteiger partial charge in [0.2, 0.25) is 0 Å². The molecule has 0 spiro atoms. The maximum atomic E-state index is 12.3. The van der Waals surface area contributed by atoms with Crippen LogP contribution in [-0.4, -0.2) is 47.7 Å². The smallest absolute Gasteiger partial charge is 0.410 e. The van der Waals surface area contributed by atoms with Crippen molar-refractivity contribution in [2.24, 2.45) is 11.8 Å². The van der Waals surface area contributed by atoms with Crippen molar-refractivity contribution in [2.45, 2.75) is 53.2 Å². The molecule has 0 aromatic heterocycles. The van der Waals surface area contributed by atoms with Gasteiger partial charge in [0.15, 0.2) is 0 Å². The summed E-state index contributed by atoms with van der Waals surface area (Å²) < 4.78 is 5.51. The molecule has 6 heteroatoms. The second-order valence-electron chi connectivity index (χ2n) is 8.88. The van der Waals surface area contributed by atoms with Crippen molar-refractivity contribution in [3.8, 4) is 0 Å². The third kappa shape index (κ3) is 7.17. The van der Waals surface area contributed by atoms with Gasteiger partial charge < -0.3 is 9.64 Å². The summed E-state index contributed by atoms with van der Waals surface area (Å²) in [7, 11) is 0. The van der Waals surface area contributed by atoms with E-state index >= 15 is 0 Å². The van der Waals surface area contributed by atoms with E-state index in [-0.39, 0.29) is 6.09 Å². The van der Waals surface area contributed by atoms with Crippen LogP contribution in [0.25, 0.3) is 0 Å². The first kappa shape index (κ1) is 22.3. The quantitative estimate of drug-likeness (QED) is 0.597. The third-order valence-corrected chi connectivity index (χ3v) is 5.36. The molecule has 0 bridgehead atoms. The van der Waals surface area contributed by atoms with Crippen molar-refractivity contribution in [1.29, 1.82) is 0 Å². The van der Waals surface area contributed by atoms with Gasteiger partial charge in [-0.2, -0.15) is 0 Å². The molecule has 1 amide bonds. The number of halogens is 2. The highest BCUT2D eigenvalue weighted by atomic mass is 35.5. The summed E-state index contributed by atoms with van der Waals surface area (Å²) >= 11 is 12.6. The Morgan fingerprint density at radius 2 is 2.04 bits per heavy atom. The molecule has 0 saturated carbocycles. The lowest BCUT2D eigenvalue weighted by Gasteiger charge is -2.28. The average molecular weight is 415 g/mol. The zero-order chi connectivity index (χ0) is 20.2. The van der Waals surface area contributed by atoms with Crippen LogP contribution in [-0.2, 0) is 11.3 Å². The maximum Gasteiger partial charge on any atom is 0.410 e. The van der Waals surface area contributed by atoms with Crippen molar-refractivity contribution in [3.05, 3.63) is 33.8 Å². The minimum Gasteiger partial charge on any atom is -0.444 e. The molecule has 1 aliphatic rings. The summed E-state index contributed by atoms with van der Waals surface area (Å²) in [5.41, 5.74) is 0.592. The van der Waals surface area contributed by atoms with Gasteiger partial charge in [-0.15, -0.1) is 0 Å². The van der Waals surface area contributed by atoms with Crippen LogP contribution < -0.4 is 0 Å². The van der Waals surface area contributed by atoms with E-state index < -0.39 is 5.60 Å². The largest absolute Gasteiger partial charge is 0.444 e. The standard InChI is InChI=1S/C21H32Cl2N2O2/c1-15(2)11-24(14-17-7-6-8-18(22)19(17)23)12-16-9-10-25(13-16)20(26)27-21(3,4)5/h6-8,15-16H,9-14H2,1-5H3/t16-/m1/s1. The van der Waals surface area contributed by atoms with E-state index in [9.17, 15) is 4.79 Å². The highest BCUT2D eigenvalue weighted by Gasteiger charge is 2.31. The number of rotatable bonds is 6. The summed E-state index contributed by atoms with van der Waals surface area (Å²) in [5.74, 6) is 0.987. The molecule has 1 aromatic carbocycles. The second kappa shape index (κ2) is 9.49. The predicted molar refractivity (Wildman–Crippen MR) is 112 cm³/mol. The summed E-state index contributed by atoms with van der Waals surface area (Å²) in [6, 6.07) is 5.79. The van der Waals surface area contributed by atoms with E-state index in [0.717, 1.165) is 44.7 Å². The number of carbonyl (C=O) groups is 1. The number of amides is 1. The molecule has 0 radical (unpaired) electrons. The lowest BCUT2D eigenvalue weighted by Crippen LogP contribution is -2.37. The number of carbonyl (C=O) groups excluding carboxylic acids is 1. The first-order valence-corrected chi connectivity index (χ1v) is 10.4. The van der Waals surface area contributed by atoms with Crippen molar-refractivity contribution in [3.63, 3.8) is 0 Å². The van der Waals surface area contributed by atoms with Crippen LogP contribution in [0.15, 0.2) is 18.2 Å². The molecule has 4 nitrogen and oxygen atoms in total. The molecule has 1 aliphatic heterocycles. The van der Waals surface area contributed by atoms with Gasteiger partial charge in [-0.1, -0.05) is 49.2 Å². The molecule has 0 aliphatic carbocycles. The Bertz CT molecular complexity index is 644. The van der Waals surface area contributed by atoms with E-state index in [4.69, 9.17) is 27.9 Å². The molecule has 1 heterocycles. The Hall–Kier alpha value is -0.970. The topological polar surface area (TPSA) is 32.8 Å². The molecule has 152 valence electrons. The van der Waals surface area contributed by atoms with E-state index in [1.54, 1.807) is 0 Å². The van der Waals surface area contributed by atoms with Gasteiger partial charge in [0.1, 0.15) is 5.60 Å². The number of nitrogens with zero attached hydrogens (tertiary/aromatic N) is 2. The monoisotopic (exact) mass is 414 g/mol. The van der Waals surface area contributed by atoms with E-state index in [1.165, 1.54) is 0 Å².